The molecule has 12 N–H and O–H groups in total. The lowest BCUT2D eigenvalue weighted by Crippen LogP contribution is -2.36. The highest BCUT2D eigenvalue weighted by Crippen LogP contribution is 2.54. The summed E-state index contributed by atoms with van der Waals surface area (Å²) in [6.45, 7) is 0.0203. The number of benzene rings is 4. The number of nitrogens with two attached hydrogens (primary N) is 1. The number of nitrogens with zero attached hydrogens (tertiary/aromatic N) is 4. The second kappa shape index (κ2) is 20.4. The van der Waals surface area contributed by atoms with Gasteiger partial charge in [0.25, 0.3) is 5.91 Å². The minimum Gasteiger partial charge on any atom is -0.507 e. The van der Waals surface area contributed by atoms with Crippen molar-refractivity contribution in [3.63, 3.8) is 0 Å². The van der Waals surface area contributed by atoms with Gasteiger partial charge in [-0.1, -0.05) is 12.1 Å². The Morgan fingerprint density at radius 2 is 1.10 bits per heavy atom. The van der Waals surface area contributed by atoms with Gasteiger partial charge in [0.1, 0.15) is 11.5 Å². The van der Waals surface area contributed by atoms with E-state index in [1.807, 2.05) is 19.2 Å². The van der Waals surface area contributed by atoms with Crippen LogP contribution in [0.1, 0.15) is 99.6 Å². The second-order valence-corrected chi connectivity index (χ2v) is 17.6. The third-order valence-corrected chi connectivity index (χ3v) is 13.9. The number of hydrogen-bond donors (Lipinski definition) is 11. The number of aromatic hydroxyl groups is 2. The van der Waals surface area contributed by atoms with E-state index in [2.05, 4.69) is 32.1 Å². The van der Waals surface area contributed by atoms with Gasteiger partial charge in [-0.25, -0.2) is 4.79 Å². The zero-order valence-electron chi connectivity index (χ0n) is 38.3. The fourth-order valence-corrected chi connectivity index (χ4v) is 10.4. The van der Waals surface area contributed by atoms with Crippen LogP contribution in [-0.4, -0.2) is 105 Å². The third kappa shape index (κ3) is 8.90. The number of carboxylic acid groups (broad SMARTS) is 1. The second-order valence-electron chi connectivity index (χ2n) is 17.6. The molecule has 10 rings (SSSR count). The summed E-state index contributed by atoms with van der Waals surface area (Å²) in [7, 11) is 4.11. The van der Waals surface area contributed by atoms with Crippen LogP contribution in [0.25, 0.3) is 22.3 Å². The number of carbonyl (C=O) groups is 2. The molecule has 360 valence electrons. The molecule has 0 bridgehead atoms. The summed E-state index contributed by atoms with van der Waals surface area (Å²) in [5.41, 5.74) is 19.5. The maximum atomic E-state index is 13.0. The predicted molar refractivity (Wildman–Crippen MR) is 256 cm³/mol. The number of anilines is 2. The summed E-state index contributed by atoms with van der Waals surface area (Å²) in [6, 6.07) is 13.7. The van der Waals surface area contributed by atoms with Gasteiger partial charge in [0.05, 0.1) is 50.8 Å². The van der Waals surface area contributed by atoms with Crippen LogP contribution in [0.5, 0.6) is 11.5 Å². The molecule has 0 spiro atoms. The Kier molecular flexibility index (Phi) is 14.4. The van der Waals surface area contributed by atoms with Crippen molar-refractivity contribution < 1.29 is 55.5 Å². The van der Waals surface area contributed by atoms with Gasteiger partial charge in [0, 0.05) is 83.6 Å². The third-order valence-electron chi connectivity index (χ3n) is 13.9. The molecule has 2 aliphatic carbocycles. The van der Waals surface area contributed by atoms with E-state index in [9.17, 15) is 50.4 Å². The summed E-state index contributed by atoms with van der Waals surface area (Å²) in [4.78, 5) is 35.3. The average Bonchev–Trinajstić information content (AvgIpc) is 3.37. The van der Waals surface area contributed by atoms with E-state index in [4.69, 9.17) is 10.8 Å². The standard InChI is InChI=1S/C26H27N3O5.C20H24N2O4.C6H5NO2/c1-29-6-4-14-7-16(11-30)19(13-32)23-22(14)21(29)9-18-20(8-17(12-31)25(33)24(18)23)28-26(34)15-3-2-5-27-10-15;1-22-3-2-10-4-11(7-23)14(9-25)18-17(10)16(22)6-13-15(21)5-12(8-24)20(26)19(13)18;8-6(9)5-2-1-3-7-4-5/h2-3,5,7-8,10,21,30-33H,4,6,9,11-13H2,1H3,(H,28,34);4-5,16,23-26H,2-3,6-9,21H2,1H3;1-4H,(H,8,9). The summed E-state index contributed by atoms with van der Waals surface area (Å²) >= 11 is 0. The number of fused-ring (bicyclic) bond motifs is 4. The quantitative estimate of drug-likeness (QED) is 0.0714. The molecule has 2 unspecified atom stereocenters. The van der Waals surface area contributed by atoms with E-state index in [1.54, 1.807) is 36.5 Å². The molecule has 17 nitrogen and oxygen atoms in total. The first kappa shape index (κ1) is 48.6. The topological polar surface area (TPSA) is 287 Å². The van der Waals surface area contributed by atoms with Gasteiger partial charge in [-0.2, -0.15) is 0 Å². The van der Waals surface area contributed by atoms with Gasteiger partial charge < -0.3 is 57.0 Å². The number of phenols is 2. The molecule has 0 saturated heterocycles. The zero-order chi connectivity index (χ0) is 49.3. The van der Waals surface area contributed by atoms with Crippen LogP contribution in [0.15, 0.2) is 73.3 Å². The van der Waals surface area contributed by atoms with E-state index < -0.39 is 12.6 Å². The van der Waals surface area contributed by atoms with Crippen LogP contribution >= 0.6 is 0 Å². The van der Waals surface area contributed by atoms with Crippen molar-refractivity contribution in [3.8, 4) is 33.8 Å². The van der Waals surface area contributed by atoms with Crippen molar-refractivity contribution in [2.24, 2.45) is 0 Å². The molecule has 0 radical (unpaired) electrons. The van der Waals surface area contributed by atoms with Crippen molar-refractivity contribution >= 4 is 23.3 Å². The lowest BCUT2D eigenvalue weighted by atomic mass is 9.73. The highest BCUT2D eigenvalue weighted by atomic mass is 16.4. The number of aromatic carboxylic acids is 1. The number of amides is 1. The first-order valence-corrected chi connectivity index (χ1v) is 22.6. The minimum atomic E-state index is -0.942. The van der Waals surface area contributed by atoms with Crippen LogP contribution in [0, 0.1) is 0 Å². The molecule has 0 saturated carbocycles. The minimum absolute atomic E-state index is 0.00960. The molecule has 2 atom stereocenters. The molecule has 6 aromatic rings. The number of pyridine rings is 2. The van der Waals surface area contributed by atoms with Crippen LogP contribution < -0.4 is 11.1 Å². The number of carboxylic acids is 1. The lowest BCUT2D eigenvalue weighted by Gasteiger charge is -2.42. The van der Waals surface area contributed by atoms with E-state index >= 15 is 0 Å². The number of aliphatic hydroxyl groups excluding tert-OH is 6. The molecule has 1 amide bonds. The molecule has 4 aliphatic rings. The summed E-state index contributed by atoms with van der Waals surface area (Å²) in [5, 5.41) is 93.2. The molecule has 69 heavy (non-hydrogen) atoms. The number of rotatable bonds is 9. The number of nitrogen functional groups attached to an aromatic ring is 1. The molecule has 4 heterocycles. The molecule has 0 fully saturated rings. The fourth-order valence-electron chi connectivity index (χ4n) is 10.4. The molecule has 17 heteroatoms. The summed E-state index contributed by atoms with van der Waals surface area (Å²) < 4.78 is 0. The van der Waals surface area contributed by atoms with Crippen LogP contribution in [0.3, 0.4) is 0 Å². The Morgan fingerprint density at radius 3 is 1.54 bits per heavy atom. The number of aliphatic hydroxyl groups is 6. The van der Waals surface area contributed by atoms with Gasteiger partial charge in [-0.05, 0) is 143 Å². The number of aromatic nitrogens is 2. The first-order valence-electron chi connectivity index (χ1n) is 22.6. The normalized spacial score (nSPS) is 16.3. The molecule has 2 aromatic heterocycles. The zero-order valence-corrected chi connectivity index (χ0v) is 38.3. The van der Waals surface area contributed by atoms with Gasteiger partial charge >= 0.3 is 5.97 Å². The van der Waals surface area contributed by atoms with Crippen molar-refractivity contribution in [2.45, 2.75) is 77.4 Å². The predicted octanol–water partition coefficient (Wildman–Crippen LogP) is 4.25. The van der Waals surface area contributed by atoms with Crippen molar-refractivity contribution in [1.29, 1.82) is 0 Å². The maximum absolute atomic E-state index is 13.0. The SMILES string of the molecule is CN1CCc2cc(CO)c(CO)c3c2C1Cc1c(N)cc(CO)c(O)c1-3.CN1CCc2cc(CO)c(CO)c3c2C1Cc1c(NC(=O)c2cccnc2)cc(CO)c(O)c1-3.O=C(O)c1cccnc1. The van der Waals surface area contributed by atoms with Crippen molar-refractivity contribution in [1.82, 2.24) is 19.8 Å². The molecule has 4 aromatic carbocycles. The Bertz CT molecular complexity index is 2930. The maximum Gasteiger partial charge on any atom is 0.337 e. The van der Waals surface area contributed by atoms with Crippen LogP contribution in [-0.2, 0) is 65.3 Å². The van der Waals surface area contributed by atoms with E-state index in [1.165, 1.54) is 24.7 Å². The van der Waals surface area contributed by atoms with Gasteiger partial charge in [-0.3, -0.25) is 24.6 Å². The number of likely N-dealkylation sites (N-methyl/N-ethyl adjacent to an activating group) is 2. The smallest absolute Gasteiger partial charge is 0.337 e. The monoisotopic (exact) mass is 940 g/mol. The van der Waals surface area contributed by atoms with E-state index in [0.29, 0.717) is 74.3 Å². The summed E-state index contributed by atoms with van der Waals surface area (Å²) in [5.74, 6) is -1.35. The van der Waals surface area contributed by atoms with Crippen molar-refractivity contribution in [3.05, 3.63) is 151 Å². The number of nitrogens with one attached hydrogen (secondary N) is 1. The molecular formula is C52H56N6O11. The van der Waals surface area contributed by atoms with Crippen LogP contribution in [0.4, 0.5) is 11.4 Å². The molecule has 2 aliphatic heterocycles. The summed E-state index contributed by atoms with van der Waals surface area (Å²) in [6.07, 6.45) is 8.74. The van der Waals surface area contributed by atoms with Gasteiger partial charge in [0.15, 0.2) is 0 Å². The molecular weight excluding hydrogens is 885 g/mol. The van der Waals surface area contributed by atoms with Gasteiger partial charge in [0.2, 0.25) is 0 Å². The van der Waals surface area contributed by atoms with Crippen molar-refractivity contribution in [2.75, 3.05) is 38.2 Å². The van der Waals surface area contributed by atoms with E-state index in [-0.39, 0.29) is 73.7 Å². The fraction of sp³-hybridized carbons (Fsp3) is 0.308. The lowest BCUT2D eigenvalue weighted by molar-refractivity contribution is 0.0696. The van der Waals surface area contributed by atoms with Gasteiger partial charge in [-0.15, -0.1) is 0 Å². The Balaban J connectivity index is 0.000000161. The highest BCUT2D eigenvalue weighted by molar-refractivity contribution is 6.05. The largest absolute Gasteiger partial charge is 0.507 e. The average molecular weight is 941 g/mol. The number of carbonyl (C=O) groups excluding carboxylic acids is 1. The first-order chi connectivity index (χ1) is 33.3. The Morgan fingerprint density at radius 1 is 0.638 bits per heavy atom. The number of hydrogen-bond acceptors (Lipinski definition) is 15. The van der Waals surface area contributed by atoms with E-state index in [0.717, 1.165) is 64.9 Å². The highest BCUT2D eigenvalue weighted by Gasteiger charge is 2.40. The van der Waals surface area contributed by atoms with Crippen LogP contribution in [0.2, 0.25) is 0 Å². The Labute approximate surface area is 398 Å². The Hall–Kier alpha value is -6.80.